The van der Waals surface area contributed by atoms with E-state index < -0.39 is 5.97 Å². The van der Waals surface area contributed by atoms with Crippen molar-refractivity contribution in [3.8, 4) is 16.9 Å². The topological polar surface area (TPSA) is 62.3 Å². The van der Waals surface area contributed by atoms with Crippen LogP contribution >= 0.6 is 0 Å². The van der Waals surface area contributed by atoms with E-state index in [9.17, 15) is 9.90 Å². The molecule has 2 rings (SSSR count). The maximum atomic E-state index is 11.2. The molecule has 4 heteroatoms. The highest BCUT2D eigenvalue weighted by Gasteiger charge is 2.20. The van der Waals surface area contributed by atoms with Gasteiger partial charge in [0.25, 0.3) is 0 Å². The average molecular weight is 191 g/mol. The van der Waals surface area contributed by atoms with Crippen LogP contribution in [0.25, 0.3) is 11.1 Å². The van der Waals surface area contributed by atoms with Crippen LogP contribution in [0.5, 0.6) is 5.75 Å². The summed E-state index contributed by atoms with van der Waals surface area (Å²) in [5.41, 5.74) is 1.62. The van der Waals surface area contributed by atoms with Crippen LogP contribution in [-0.2, 0) is 4.74 Å². The molecule has 0 bridgehead atoms. The van der Waals surface area contributed by atoms with Gasteiger partial charge in [-0.1, -0.05) is 0 Å². The molecule has 2 N–H and O–H groups in total. The first-order chi connectivity index (χ1) is 6.74. The second-order valence-electron chi connectivity index (χ2n) is 2.91. The molecule has 0 amide bonds. The number of nitrogens with one attached hydrogen (secondary N) is 1. The summed E-state index contributed by atoms with van der Waals surface area (Å²) in [6, 6.07) is 3.30. The number of aromatic amines is 1. The minimum absolute atomic E-state index is 0.0270. The van der Waals surface area contributed by atoms with E-state index in [0.717, 1.165) is 5.56 Å². The molecular weight excluding hydrogens is 182 g/mol. The van der Waals surface area contributed by atoms with Crippen molar-refractivity contribution in [2.45, 2.75) is 0 Å². The van der Waals surface area contributed by atoms with Gasteiger partial charge in [0.15, 0.2) is 0 Å². The molecule has 0 aromatic carbocycles. The Kier molecular flexibility index (Phi) is 1.89. The van der Waals surface area contributed by atoms with Crippen LogP contribution in [0.15, 0.2) is 24.5 Å². The molecule has 1 heterocycles. The van der Waals surface area contributed by atoms with Gasteiger partial charge in [-0.3, -0.25) is 0 Å². The lowest BCUT2D eigenvalue weighted by atomic mass is 10.2. The molecule has 0 aromatic heterocycles. The first kappa shape index (κ1) is 8.62. The number of fused-ring (bicyclic) bond motifs is 1. The SMILES string of the molecule is COC(=O)c1cc2c[nH]ccc-2c1O. The Labute approximate surface area is 80.5 Å². The number of esters is 1. The molecule has 0 aromatic rings. The van der Waals surface area contributed by atoms with Gasteiger partial charge < -0.3 is 14.8 Å². The average Bonchev–Trinajstić information content (AvgIpc) is 2.56. The van der Waals surface area contributed by atoms with E-state index in [1.165, 1.54) is 7.11 Å². The third kappa shape index (κ3) is 1.12. The van der Waals surface area contributed by atoms with E-state index >= 15 is 0 Å². The normalized spacial score (nSPS) is 10.4. The Hall–Kier alpha value is -1.97. The summed E-state index contributed by atoms with van der Waals surface area (Å²) in [5, 5.41) is 9.68. The van der Waals surface area contributed by atoms with Crippen molar-refractivity contribution in [1.29, 1.82) is 0 Å². The van der Waals surface area contributed by atoms with Gasteiger partial charge in [-0.05, 0) is 12.1 Å². The molecule has 2 aliphatic rings. The molecular formula is C10H9NO3. The van der Waals surface area contributed by atoms with Gasteiger partial charge in [-0.15, -0.1) is 0 Å². The van der Waals surface area contributed by atoms with Gasteiger partial charge in [0.05, 0.1) is 7.11 Å². The Balaban J connectivity index is 2.63. The Morgan fingerprint density at radius 1 is 1.57 bits per heavy atom. The Morgan fingerprint density at radius 3 is 3.00 bits per heavy atom. The van der Waals surface area contributed by atoms with E-state index in [2.05, 4.69) is 9.72 Å². The molecule has 0 atom stereocenters. The van der Waals surface area contributed by atoms with Crippen LogP contribution in [-0.4, -0.2) is 23.2 Å². The number of hydrogen-bond acceptors (Lipinski definition) is 3. The lowest BCUT2D eigenvalue weighted by Gasteiger charge is -1.97. The highest BCUT2D eigenvalue weighted by Crippen LogP contribution is 2.36. The van der Waals surface area contributed by atoms with E-state index in [4.69, 9.17) is 0 Å². The van der Waals surface area contributed by atoms with Gasteiger partial charge >= 0.3 is 5.97 Å². The second-order valence-corrected chi connectivity index (χ2v) is 2.91. The number of H-pyrrole nitrogens is 1. The minimum atomic E-state index is -0.529. The molecule has 4 nitrogen and oxygen atoms in total. The van der Waals surface area contributed by atoms with Gasteiger partial charge in [-0.2, -0.15) is 0 Å². The largest absolute Gasteiger partial charge is 0.506 e. The molecule has 14 heavy (non-hydrogen) atoms. The summed E-state index contributed by atoms with van der Waals surface area (Å²) < 4.78 is 4.54. The molecule has 0 unspecified atom stereocenters. The van der Waals surface area contributed by atoms with Crippen molar-refractivity contribution < 1.29 is 14.6 Å². The van der Waals surface area contributed by atoms with Crippen molar-refractivity contribution in [3.05, 3.63) is 30.1 Å². The number of carbonyl (C=O) groups is 1. The van der Waals surface area contributed by atoms with E-state index in [0.29, 0.717) is 5.56 Å². The smallest absolute Gasteiger partial charge is 0.341 e. The first-order valence-electron chi connectivity index (χ1n) is 4.11. The number of hydrogen-bond donors (Lipinski definition) is 2. The van der Waals surface area contributed by atoms with Crippen molar-refractivity contribution in [2.24, 2.45) is 0 Å². The zero-order valence-electron chi connectivity index (χ0n) is 7.57. The fourth-order valence-electron chi connectivity index (χ4n) is 1.41. The van der Waals surface area contributed by atoms with E-state index in [1.54, 1.807) is 24.5 Å². The summed E-state index contributed by atoms with van der Waals surface area (Å²) in [4.78, 5) is 14.1. The Bertz CT molecular complexity index is 447. The van der Waals surface area contributed by atoms with Crippen molar-refractivity contribution >= 4 is 5.97 Å². The number of rotatable bonds is 1. The van der Waals surface area contributed by atoms with Gasteiger partial charge in [0.1, 0.15) is 11.3 Å². The van der Waals surface area contributed by atoms with Crippen LogP contribution < -0.4 is 0 Å². The van der Waals surface area contributed by atoms with Gasteiger partial charge in [-0.25, -0.2) is 4.79 Å². The zero-order chi connectivity index (χ0) is 10.1. The fourth-order valence-corrected chi connectivity index (χ4v) is 1.41. The van der Waals surface area contributed by atoms with E-state index in [-0.39, 0.29) is 11.3 Å². The standard InChI is InChI=1S/C10H9NO3/c1-14-10(13)8-4-6-5-11-3-2-7(6)9(8)12/h2-5,11-12H,1H3. The van der Waals surface area contributed by atoms with Crippen LogP contribution in [0.2, 0.25) is 0 Å². The van der Waals surface area contributed by atoms with E-state index in [1.807, 2.05) is 0 Å². The Morgan fingerprint density at radius 2 is 2.36 bits per heavy atom. The number of methoxy groups -OCH3 is 1. The van der Waals surface area contributed by atoms with Crippen molar-refractivity contribution in [1.82, 2.24) is 4.98 Å². The highest BCUT2D eigenvalue weighted by atomic mass is 16.5. The summed E-state index contributed by atoms with van der Waals surface area (Å²) >= 11 is 0. The second kappa shape index (κ2) is 3.06. The van der Waals surface area contributed by atoms with Crippen molar-refractivity contribution in [3.63, 3.8) is 0 Å². The highest BCUT2D eigenvalue weighted by molar-refractivity contribution is 5.98. The van der Waals surface area contributed by atoms with Crippen molar-refractivity contribution in [2.75, 3.05) is 7.11 Å². The fraction of sp³-hybridized carbons (Fsp3) is 0.100. The number of pyridine rings is 1. The van der Waals surface area contributed by atoms with Crippen LogP contribution in [0, 0.1) is 0 Å². The third-order valence-electron chi connectivity index (χ3n) is 2.11. The monoisotopic (exact) mass is 191 g/mol. The number of ether oxygens (including phenoxy) is 1. The lowest BCUT2D eigenvalue weighted by molar-refractivity contribution is 0.0598. The van der Waals surface area contributed by atoms with Crippen LogP contribution in [0.3, 0.4) is 0 Å². The lowest BCUT2D eigenvalue weighted by Crippen LogP contribution is -1.98. The maximum Gasteiger partial charge on any atom is 0.341 e. The molecule has 72 valence electrons. The predicted molar refractivity (Wildman–Crippen MR) is 50.4 cm³/mol. The number of carbonyl (C=O) groups excluding carboxylic acids is 1. The summed E-state index contributed by atoms with van der Waals surface area (Å²) in [7, 11) is 1.28. The molecule has 1 aliphatic heterocycles. The van der Waals surface area contributed by atoms with Crippen LogP contribution in [0.4, 0.5) is 0 Å². The molecule has 0 saturated carbocycles. The van der Waals surface area contributed by atoms with Gasteiger partial charge in [0, 0.05) is 23.5 Å². The molecule has 0 radical (unpaired) electrons. The molecule has 1 aliphatic carbocycles. The summed E-state index contributed by atoms with van der Waals surface area (Å²) in [6.45, 7) is 0. The molecule has 0 spiro atoms. The third-order valence-corrected chi connectivity index (χ3v) is 2.11. The molecule has 0 saturated heterocycles. The zero-order valence-corrected chi connectivity index (χ0v) is 7.57. The first-order valence-corrected chi connectivity index (χ1v) is 4.11. The number of aromatic hydroxyl groups is 1. The predicted octanol–water partition coefficient (Wildman–Crippen LogP) is 1.61. The summed E-state index contributed by atoms with van der Waals surface area (Å²) in [5.74, 6) is -0.556. The quantitative estimate of drug-likeness (QED) is 0.673. The van der Waals surface area contributed by atoms with Crippen LogP contribution in [0.1, 0.15) is 10.4 Å². The molecule has 0 fully saturated rings. The summed E-state index contributed by atoms with van der Waals surface area (Å²) in [6.07, 6.45) is 3.39. The maximum absolute atomic E-state index is 11.2. The number of aromatic nitrogens is 1. The minimum Gasteiger partial charge on any atom is -0.506 e. The van der Waals surface area contributed by atoms with Gasteiger partial charge in [0.2, 0.25) is 0 Å².